The molecule has 0 radical (unpaired) electrons. The number of carbonyl (C=O) groups excluding carboxylic acids is 1. The summed E-state index contributed by atoms with van der Waals surface area (Å²) in [6.07, 6.45) is 7.31. The molecule has 0 unspecified atom stereocenters. The fourth-order valence-corrected chi connectivity index (χ4v) is 4.78. The minimum Gasteiger partial charge on any atom is -0.545 e. The zero-order valence-corrected chi connectivity index (χ0v) is 19.1. The summed E-state index contributed by atoms with van der Waals surface area (Å²) >= 11 is 6.79. The van der Waals surface area contributed by atoms with Gasteiger partial charge in [0, 0.05) is 12.3 Å². The van der Waals surface area contributed by atoms with Crippen LogP contribution in [0.2, 0.25) is 18.1 Å². The second-order valence-corrected chi connectivity index (χ2v) is 14.3. The van der Waals surface area contributed by atoms with Crippen LogP contribution in [0.4, 0.5) is 0 Å². The van der Waals surface area contributed by atoms with Crippen molar-refractivity contribution in [1.82, 2.24) is 0 Å². The maximum Gasteiger partial charge on any atom is 0.309 e. The molecule has 0 aliphatic heterocycles. The smallest absolute Gasteiger partial charge is 0.309 e. The lowest BCUT2D eigenvalue weighted by Crippen LogP contribution is -2.40. The summed E-state index contributed by atoms with van der Waals surface area (Å²) in [6.45, 7) is 15.3. The van der Waals surface area contributed by atoms with E-state index in [4.69, 9.17) is 20.8 Å². The van der Waals surface area contributed by atoms with Gasteiger partial charge in [0.15, 0.2) is 0 Å². The number of allylic oxidation sites excluding steroid dienone is 6. The normalized spacial score (nSPS) is 27.6. The Balaban J connectivity index is 2.36. The van der Waals surface area contributed by atoms with Crippen molar-refractivity contribution < 1.29 is 14.0 Å². The van der Waals surface area contributed by atoms with Gasteiger partial charge < -0.3 is 9.16 Å². The first-order chi connectivity index (χ1) is 11.9. The molecule has 26 heavy (non-hydrogen) atoms. The molecule has 2 rings (SSSR count). The van der Waals surface area contributed by atoms with E-state index in [1.165, 1.54) is 7.11 Å². The number of rotatable bonds is 4. The van der Waals surface area contributed by atoms with E-state index in [2.05, 4.69) is 59.0 Å². The fourth-order valence-electron chi connectivity index (χ4n) is 3.29. The molecule has 0 aromatic heterocycles. The first kappa shape index (κ1) is 21.3. The van der Waals surface area contributed by atoms with Gasteiger partial charge in [0.2, 0.25) is 8.32 Å². The minimum absolute atomic E-state index is 0.00845. The molecule has 146 valence electrons. The van der Waals surface area contributed by atoms with Gasteiger partial charge in [-0.3, -0.25) is 4.79 Å². The SMILES string of the molecule is COC(=O)[C@H](C)[C@@H]1C=C[C@H](C)[C@H]2CC(O[Si](C)(C)C(C)(C)C)=C(Cl)C2=C1. The number of hydrogen-bond donors (Lipinski definition) is 0. The van der Waals surface area contributed by atoms with Gasteiger partial charge in [-0.2, -0.15) is 0 Å². The number of halogens is 1. The van der Waals surface area contributed by atoms with Crippen LogP contribution in [0.1, 0.15) is 41.0 Å². The average molecular weight is 397 g/mol. The van der Waals surface area contributed by atoms with Crippen molar-refractivity contribution in [3.8, 4) is 0 Å². The summed E-state index contributed by atoms with van der Waals surface area (Å²) < 4.78 is 11.5. The maximum atomic E-state index is 12.0. The number of ether oxygens (including phenoxy) is 1. The highest BCUT2D eigenvalue weighted by atomic mass is 35.5. The van der Waals surface area contributed by atoms with Gasteiger partial charge in [0.1, 0.15) is 0 Å². The molecule has 2 aliphatic carbocycles. The van der Waals surface area contributed by atoms with Crippen molar-refractivity contribution in [1.29, 1.82) is 0 Å². The fraction of sp³-hybridized carbons (Fsp3) is 0.667. The van der Waals surface area contributed by atoms with Gasteiger partial charge in [-0.15, -0.1) is 0 Å². The monoisotopic (exact) mass is 396 g/mol. The molecule has 0 aromatic carbocycles. The van der Waals surface area contributed by atoms with E-state index in [9.17, 15) is 4.79 Å². The van der Waals surface area contributed by atoms with Crippen molar-refractivity contribution in [2.45, 2.75) is 59.2 Å². The van der Waals surface area contributed by atoms with Crippen LogP contribution in [-0.4, -0.2) is 21.4 Å². The van der Waals surface area contributed by atoms with Crippen LogP contribution in [0.15, 0.2) is 34.6 Å². The lowest BCUT2D eigenvalue weighted by atomic mass is 9.88. The zero-order valence-electron chi connectivity index (χ0n) is 17.4. The van der Waals surface area contributed by atoms with Crippen LogP contribution >= 0.6 is 11.6 Å². The third-order valence-corrected chi connectivity index (χ3v) is 11.1. The molecular formula is C21H33ClO3Si. The summed E-state index contributed by atoms with van der Waals surface area (Å²) in [7, 11) is -0.499. The van der Waals surface area contributed by atoms with E-state index in [-0.39, 0.29) is 22.8 Å². The third-order valence-electron chi connectivity index (χ3n) is 6.28. The molecule has 0 N–H and O–H groups in total. The highest BCUT2D eigenvalue weighted by Crippen LogP contribution is 2.49. The molecule has 0 heterocycles. The summed E-state index contributed by atoms with van der Waals surface area (Å²) in [5.41, 5.74) is 1.12. The average Bonchev–Trinajstić information content (AvgIpc) is 2.74. The standard InChI is InChI=1S/C21H33ClO3Si/c1-13-9-10-15(14(2)20(23)24-6)11-17-16(13)12-18(19(17)22)25-26(7,8)21(3,4)5/h9-11,13-16H,12H2,1-8H3/t13-,14+,15+,16+/m0/s1. The molecule has 5 heteroatoms. The summed E-state index contributed by atoms with van der Waals surface area (Å²) in [6, 6.07) is 0. The Bertz CT molecular complexity index is 655. The predicted molar refractivity (Wildman–Crippen MR) is 110 cm³/mol. The van der Waals surface area contributed by atoms with E-state index < -0.39 is 8.32 Å². The lowest BCUT2D eigenvalue weighted by molar-refractivity contribution is -0.145. The topological polar surface area (TPSA) is 35.5 Å². The number of fused-ring (bicyclic) bond motifs is 1. The zero-order chi connectivity index (χ0) is 19.9. The number of esters is 1. The summed E-state index contributed by atoms with van der Waals surface area (Å²) in [5.74, 6) is 1.16. The molecule has 3 nitrogen and oxygen atoms in total. The van der Waals surface area contributed by atoms with Crippen LogP contribution in [0, 0.1) is 23.7 Å². The van der Waals surface area contributed by atoms with Crippen molar-refractivity contribution in [3.05, 3.63) is 34.6 Å². The molecule has 0 amide bonds. The molecule has 2 aliphatic rings. The highest BCUT2D eigenvalue weighted by Gasteiger charge is 2.43. The number of methoxy groups -OCH3 is 1. The van der Waals surface area contributed by atoms with Gasteiger partial charge >= 0.3 is 5.97 Å². The van der Waals surface area contributed by atoms with E-state index in [1.807, 2.05) is 6.92 Å². The molecule has 0 saturated carbocycles. The second-order valence-electron chi connectivity index (χ2n) is 9.17. The summed E-state index contributed by atoms with van der Waals surface area (Å²) in [5, 5.41) is 0.876. The Morgan fingerprint density at radius 2 is 1.92 bits per heavy atom. The first-order valence-corrected chi connectivity index (χ1v) is 12.7. The molecule has 0 saturated heterocycles. The second kappa shape index (κ2) is 7.55. The van der Waals surface area contributed by atoms with Crippen molar-refractivity contribution in [2.75, 3.05) is 7.11 Å². The molecule has 0 bridgehead atoms. The van der Waals surface area contributed by atoms with E-state index in [0.29, 0.717) is 11.8 Å². The van der Waals surface area contributed by atoms with Gasteiger partial charge in [0.05, 0.1) is 23.8 Å². The van der Waals surface area contributed by atoms with Crippen molar-refractivity contribution >= 4 is 25.9 Å². The van der Waals surface area contributed by atoms with Crippen LogP contribution < -0.4 is 0 Å². The Morgan fingerprint density at radius 3 is 2.46 bits per heavy atom. The predicted octanol–water partition coefficient (Wildman–Crippen LogP) is 6.04. The van der Waals surface area contributed by atoms with Crippen molar-refractivity contribution in [3.63, 3.8) is 0 Å². The van der Waals surface area contributed by atoms with Crippen LogP contribution in [0.25, 0.3) is 0 Å². The Labute approximate surface area is 164 Å². The molecule has 0 fully saturated rings. The first-order valence-electron chi connectivity index (χ1n) is 9.45. The van der Waals surface area contributed by atoms with Crippen LogP contribution in [0.5, 0.6) is 0 Å². The third kappa shape index (κ3) is 4.12. The molecule has 4 atom stereocenters. The molecule has 0 spiro atoms. The number of carbonyl (C=O) groups is 1. The Hall–Kier alpha value is -1.00. The largest absolute Gasteiger partial charge is 0.545 e. The number of hydrogen-bond acceptors (Lipinski definition) is 3. The van der Waals surface area contributed by atoms with Gasteiger partial charge in [-0.25, -0.2) is 0 Å². The van der Waals surface area contributed by atoms with E-state index in [1.54, 1.807) is 0 Å². The van der Waals surface area contributed by atoms with E-state index in [0.717, 1.165) is 22.8 Å². The van der Waals surface area contributed by atoms with Crippen LogP contribution in [0.3, 0.4) is 0 Å². The van der Waals surface area contributed by atoms with Gasteiger partial charge in [0.25, 0.3) is 0 Å². The van der Waals surface area contributed by atoms with E-state index >= 15 is 0 Å². The molecule has 0 aromatic rings. The lowest BCUT2D eigenvalue weighted by Gasteiger charge is -2.37. The summed E-state index contributed by atoms with van der Waals surface area (Å²) in [4.78, 5) is 12.0. The maximum absolute atomic E-state index is 12.0. The molecular weight excluding hydrogens is 364 g/mol. The van der Waals surface area contributed by atoms with Crippen molar-refractivity contribution in [2.24, 2.45) is 23.7 Å². The van der Waals surface area contributed by atoms with Gasteiger partial charge in [-0.05, 0) is 35.5 Å². The Morgan fingerprint density at radius 1 is 1.31 bits per heavy atom. The van der Waals surface area contributed by atoms with Crippen LogP contribution in [-0.2, 0) is 14.0 Å². The minimum atomic E-state index is -1.93. The highest BCUT2D eigenvalue weighted by molar-refractivity contribution is 6.74. The Kier molecular flexibility index (Phi) is 6.19. The van der Waals surface area contributed by atoms with Gasteiger partial charge in [-0.1, -0.05) is 64.4 Å². The quantitative estimate of drug-likeness (QED) is 0.330.